The van der Waals surface area contributed by atoms with Gasteiger partial charge in [0, 0.05) is 30.3 Å². The molecule has 1 heterocycles. The van der Waals surface area contributed by atoms with E-state index in [2.05, 4.69) is 46.7 Å². The smallest absolute Gasteiger partial charge is 0.251 e. The highest BCUT2D eigenvalue weighted by Gasteiger charge is 2.36. The molecule has 39 heavy (non-hydrogen) atoms. The van der Waals surface area contributed by atoms with Crippen molar-refractivity contribution in [3.05, 3.63) is 113 Å². The molecule has 2 unspecified atom stereocenters. The van der Waals surface area contributed by atoms with E-state index in [1.807, 2.05) is 44.2 Å². The van der Waals surface area contributed by atoms with Crippen molar-refractivity contribution >= 4 is 21.4 Å². The average molecular weight is 543 g/mol. The Labute approximate surface area is 230 Å². The number of carbonyl (C=O) groups excluding carboxylic acids is 1. The van der Waals surface area contributed by atoms with Crippen LogP contribution in [-0.4, -0.2) is 32.2 Å². The van der Waals surface area contributed by atoms with E-state index < -0.39 is 9.84 Å². The van der Waals surface area contributed by atoms with E-state index in [1.54, 1.807) is 31.2 Å². The molecular formula is C32H34N2O4S. The summed E-state index contributed by atoms with van der Waals surface area (Å²) in [6, 6.07) is 21.0. The molecule has 1 aliphatic heterocycles. The van der Waals surface area contributed by atoms with Crippen LogP contribution in [0, 0.1) is 0 Å². The minimum Gasteiger partial charge on any atom is -0.491 e. The lowest BCUT2D eigenvalue weighted by atomic mass is 9.90. The molecule has 0 spiro atoms. The monoisotopic (exact) mass is 542 g/mol. The Balaban J connectivity index is 1.33. The number of ether oxygens (including phenoxy) is 1. The van der Waals surface area contributed by atoms with Gasteiger partial charge in [-0.3, -0.25) is 4.79 Å². The molecular weight excluding hydrogens is 508 g/mol. The first-order chi connectivity index (χ1) is 18.7. The number of amides is 1. The van der Waals surface area contributed by atoms with Gasteiger partial charge in [-0.15, -0.1) is 0 Å². The van der Waals surface area contributed by atoms with Crippen LogP contribution in [0.25, 0.3) is 0 Å². The van der Waals surface area contributed by atoms with Gasteiger partial charge in [0.15, 0.2) is 9.84 Å². The van der Waals surface area contributed by atoms with Crippen molar-refractivity contribution in [2.75, 3.05) is 10.7 Å². The van der Waals surface area contributed by atoms with Gasteiger partial charge in [0.25, 0.3) is 5.91 Å². The third kappa shape index (κ3) is 5.78. The van der Waals surface area contributed by atoms with Crippen LogP contribution >= 0.6 is 0 Å². The Hall–Kier alpha value is -3.84. The van der Waals surface area contributed by atoms with Gasteiger partial charge in [0.1, 0.15) is 5.75 Å². The highest BCUT2D eigenvalue weighted by Crippen LogP contribution is 2.45. The number of allylic oxidation sites excluding steroid dienone is 2. The normalized spacial score (nSPS) is 17.7. The number of anilines is 1. The van der Waals surface area contributed by atoms with E-state index in [4.69, 9.17) is 4.74 Å². The molecule has 2 aliphatic rings. The molecule has 0 radical (unpaired) electrons. The van der Waals surface area contributed by atoms with Crippen LogP contribution in [0.3, 0.4) is 0 Å². The summed E-state index contributed by atoms with van der Waals surface area (Å²) in [5, 5.41) is 2.98. The molecule has 1 aliphatic carbocycles. The predicted octanol–water partition coefficient (Wildman–Crippen LogP) is 5.80. The molecule has 0 fully saturated rings. The second-order valence-corrected chi connectivity index (χ2v) is 12.5. The fourth-order valence-corrected chi connectivity index (χ4v) is 6.09. The molecule has 3 aromatic carbocycles. The van der Waals surface area contributed by atoms with Gasteiger partial charge in [0.2, 0.25) is 0 Å². The number of rotatable bonds is 9. The molecule has 0 saturated heterocycles. The van der Waals surface area contributed by atoms with E-state index in [1.165, 1.54) is 5.56 Å². The van der Waals surface area contributed by atoms with E-state index in [-0.39, 0.29) is 29.7 Å². The molecule has 3 aromatic rings. The van der Waals surface area contributed by atoms with Crippen molar-refractivity contribution in [1.29, 1.82) is 0 Å². The Kier molecular flexibility index (Phi) is 7.62. The van der Waals surface area contributed by atoms with Crippen LogP contribution in [0.15, 0.2) is 95.9 Å². The second-order valence-electron chi connectivity index (χ2n) is 10.2. The number of sulfone groups is 1. The van der Waals surface area contributed by atoms with Crippen LogP contribution < -0.4 is 15.0 Å². The fourth-order valence-electron chi connectivity index (χ4n) is 5.21. The molecule has 0 bridgehead atoms. The molecule has 6 nitrogen and oxygen atoms in total. The van der Waals surface area contributed by atoms with E-state index in [0.717, 1.165) is 29.1 Å². The van der Waals surface area contributed by atoms with Crippen LogP contribution in [0.1, 0.15) is 53.7 Å². The molecule has 7 heteroatoms. The lowest BCUT2D eigenvalue weighted by molar-refractivity contribution is 0.0951. The van der Waals surface area contributed by atoms with E-state index in [9.17, 15) is 13.2 Å². The average Bonchev–Trinajstić information content (AvgIpc) is 3.24. The summed E-state index contributed by atoms with van der Waals surface area (Å²) >= 11 is 0. The number of nitrogens with one attached hydrogen (secondary N) is 1. The van der Waals surface area contributed by atoms with Gasteiger partial charge in [-0.25, -0.2) is 8.42 Å². The molecule has 5 rings (SSSR count). The fraction of sp³-hybridized carbons (Fsp3) is 0.281. The van der Waals surface area contributed by atoms with Crippen LogP contribution in [0.5, 0.6) is 5.75 Å². The second kappa shape index (κ2) is 11.1. The zero-order valence-electron chi connectivity index (χ0n) is 22.5. The van der Waals surface area contributed by atoms with Gasteiger partial charge in [-0.1, -0.05) is 55.5 Å². The van der Waals surface area contributed by atoms with E-state index in [0.29, 0.717) is 17.0 Å². The molecule has 0 aromatic heterocycles. The van der Waals surface area contributed by atoms with Crippen molar-refractivity contribution in [2.24, 2.45) is 0 Å². The third-order valence-electron chi connectivity index (χ3n) is 7.16. The Morgan fingerprint density at radius 2 is 1.74 bits per heavy atom. The quantitative estimate of drug-likeness (QED) is 0.370. The molecule has 202 valence electrons. The summed E-state index contributed by atoms with van der Waals surface area (Å²) in [6.45, 7) is 6.73. The SMILES string of the molecule is CCS(=O)(=O)c1ccc(CNC(=O)c2ccc3c(c2)C2C=CC=CC2N3Cc2cccc(OC(C)C)c2)cc1. The summed E-state index contributed by atoms with van der Waals surface area (Å²) < 4.78 is 30.0. The van der Waals surface area contributed by atoms with Crippen LogP contribution in [0.4, 0.5) is 5.69 Å². The van der Waals surface area contributed by atoms with Crippen molar-refractivity contribution < 1.29 is 17.9 Å². The number of nitrogens with zero attached hydrogens (tertiary/aromatic N) is 1. The van der Waals surface area contributed by atoms with Gasteiger partial charge in [-0.05, 0) is 73.0 Å². The predicted molar refractivity (Wildman–Crippen MR) is 155 cm³/mol. The number of benzene rings is 3. The lowest BCUT2D eigenvalue weighted by Crippen LogP contribution is -2.32. The van der Waals surface area contributed by atoms with Crippen LogP contribution in [0.2, 0.25) is 0 Å². The summed E-state index contributed by atoms with van der Waals surface area (Å²) in [5.41, 5.74) is 4.88. The molecule has 2 atom stereocenters. The highest BCUT2D eigenvalue weighted by molar-refractivity contribution is 7.91. The molecule has 0 saturated carbocycles. The third-order valence-corrected chi connectivity index (χ3v) is 8.91. The van der Waals surface area contributed by atoms with Crippen molar-refractivity contribution in [3.63, 3.8) is 0 Å². The number of hydrogen-bond acceptors (Lipinski definition) is 5. The van der Waals surface area contributed by atoms with Crippen molar-refractivity contribution in [3.8, 4) is 5.75 Å². The van der Waals surface area contributed by atoms with Crippen molar-refractivity contribution in [1.82, 2.24) is 5.32 Å². The summed E-state index contributed by atoms with van der Waals surface area (Å²) in [6.07, 6.45) is 8.70. The van der Waals surface area contributed by atoms with Gasteiger partial charge in [0.05, 0.1) is 22.8 Å². The number of fused-ring (bicyclic) bond motifs is 3. The Morgan fingerprint density at radius 3 is 2.49 bits per heavy atom. The summed E-state index contributed by atoms with van der Waals surface area (Å²) in [7, 11) is -3.24. The van der Waals surface area contributed by atoms with Crippen LogP contribution in [-0.2, 0) is 22.9 Å². The minimum atomic E-state index is -3.24. The number of hydrogen-bond donors (Lipinski definition) is 1. The summed E-state index contributed by atoms with van der Waals surface area (Å²) in [4.78, 5) is 15.8. The largest absolute Gasteiger partial charge is 0.491 e. The number of carbonyl (C=O) groups is 1. The standard InChI is InChI=1S/C32H34N2O4S/c1-4-39(36,37)27-15-12-23(13-16-27)20-33-32(35)25-14-17-31-29(19-25)28-10-5-6-11-30(28)34(31)21-24-8-7-9-26(18-24)38-22(2)3/h5-19,22,28,30H,4,20-21H2,1-3H3,(H,33,35). The first-order valence-corrected chi connectivity index (χ1v) is 15.0. The van der Waals surface area contributed by atoms with Gasteiger partial charge < -0.3 is 15.0 Å². The zero-order valence-corrected chi connectivity index (χ0v) is 23.3. The summed E-state index contributed by atoms with van der Waals surface area (Å²) in [5.74, 6) is 0.934. The first-order valence-electron chi connectivity index (χ1n) is 13.4. The molecule has 1 amide bonds. The topological polar surface area (TPSA) is 75.7 Å². The maximum atomic E-state index is 13.1. The lowest BCUT2D eigenvalue weighted by Gasteiger charge is -2.28. The van der Waals surface area contributed by atoms with Crippen molar-refractivity contribution in [2.45, 2.75) is 56.8 Å². The Bertz CT molecular complexity index is 1520. The maximum absolute atomic E-state index is 13.1. The van der Waals surface area contributed by atoms with Gasteiger partial charge >= 0.3 is 0 Å². The van der Waals surface area contributed by atoms with Gasteiger partial charge in [-0.2, -0.15) is 0 Å². The first kappa shape index (κ1) is 26.8. The maximum Gasteiger partial charge on any atom is 0.251 e. The highest BCUT2D eigenvalue weighted by atomic mass is 32.2. The zero-order chi connectivity index (χ0) is 27.6. The minimum absolute atomic E-state index is 0.0601. The molecule has 1 N–H and O–H groups in total. The Morgan fingerprint density at radius 1 is 0.974 bits per heavy atom. The van der Waals surface area contributed by atoms with E-state index >= 15 is 0 Å².